The van der Waals surface area contributed by atoms with Crippen molar-refractivity contribution in [2.45, 2.75) is 32.6 Å². The Hall–Kier alpha value is 0.200. The summed E-state index contributed by atoms with van der Waals surface area (Å²) in [5.74, 6) is 1.10. The molecule has 0 bridgehead atoms. The van der Waals surface area contributed by atoms with Crippen molar-refractivity contribution in [1.82, 2.24) is 0 Å². The molecule has 96 valence electrons. The molecule has 0 aliphatic carbocycles. The molecule has 16 heavy (non-hydrogen) atoms. The molecule has 1 rings (SSSR count). The minimum absolute atomic E-state index is 0.0133. The van der Waals surface area contributed by atoms with E-state index in [9.17, 15) is 8.42 Å². The van der Waals surface area contributed by atoms with Gasteiger partial charge in [-0.1, -0.05) is 6.92 Å². The quantitative estimate of drug-likeness (QED) is 0.694. The highest BCUT2D eigenvalue weighted by molar-refractivity contribution is 7.91. The molecule has 0 aromatic carbocycles. The zero-order valence-electron chi connectivity index (χ0n) is 9.87. The number of rotatable bonds is 6. The van der Waals surface area contributed by atoms with E-state index < -0.39 is 9.84 Å². The number of halogens is 1. The Morgan fingerprint density at radius 1 is 1.25 bits per heavy atom. The lowest BCUT2D eigenvalue weighted by atomic mass is 9.80. The minimum atomic E-state index is -2.88. The van der Waals surface area contributed by atoms with Crippen LogP contribution in [0.1, 0.15) is 32.6 Å². The van der Waals surface area contributed by atoms with Gasteiger partial charge in [0, 0.05) is 24.8 Å². The maximum Gasteiger partial charge on any atom is 0.150 e. The number of alkyl halides is 1. The van der Waals surface area contributed by atoms with Crippen LogP contribution in [0.5, 0.6) is 0 Å². The van der Waals surface area contributed by atoms with Gasteiger partial charge in [-0.05, 0) is 31.1 Å². The topological polar surface area (TPSA) is 43.4 Å². The lowest BCUT2D eigenvalue weighted by molar-refractivity contribution is 0.0242. The molecule has 0 aromatic rings. The predicted molar refractivity (Wildman–Crippen MR) is 66.8 cm³/mol. The van der Waals surface area contributed by atoms with E-state index in [4.69, 9.17) is 16.3 Å². The molecule has 0 spiro atoms. The average molecular weight is 269 g/mol. The summed E-state index contributed by atoms with van der Waals surface area (Å²) < 4.78 is 28.6. The third-order valence-corrected chi connectivity index (χ3v) is 5.72. The Balaban J connectivity index is 2.50. The summed E-state index contributed by atoms with van der Waals surface area (Å²) >= 11 is 5.99. The predicted octanol–water partition coefficient (Wildman–Crippen LogP) is 2.24. The van der Waals surface area contributed by atoms with Gasteiger partial charge in [-0.3, -0.25) is 0 Å². The summed E-state index contributed by atoms with van der Waals surface area (Å²) in [7, 11) is -2.88. The van der Waals surface area contributed by atoms with Gasteiger partial charge in [-0.25, -0.2) is 8.42 Å². The van der Waals surface area contributed by atoms with Crippen LogP contribution in [0.3, 0.4) is 0 Å². The van der Waals surface area contributed by atoms with Crippen LogP contribution in [0.25, 0.3) is 0 Å². The van der Waals surface area contributed by atoms with Crippen molar-refractivity contribution in [3.8, 4) is 0 Å². The molecule has 0 amide bonds. The van der Waals surface area contributed by atoms with Crippen LogP contribution >= 0.6 is 11.6 Å². The molecule has 1 saturated heterocycles. The summed E-state index contributed by atoms with van der Waals surface area (Å²) in [6.07, 6.45) is 3.15. The summed E-state index contributed by atoms with van der Waals surface area (Å²) in [6.45, 7) is 3.31. The molecule has 0 N–H and O–H groups in total. The van der Waals surface area contributed by atoms with Gasteiger partial charge in [-0.2, -0.15) is 0 Å². The van der Waals surface area contributed by atoms with Gasteiger partial charge < -0.3 is 4.74 Å². The van der Waals surface area contributed by atoms with Crippen LogP contribution in [-0.4, -0.2) is 39.0 Å². The first kappa shape index (κ1) is 14.3. The van der Waals surface area contributed by atoms with E-state index in [1.165, 1.54) is 0 Å². The van der Waals surface area contributed by atoms with Crippen LogP contribution in [-0.2, 0) is 14.6 Å². The van der Waals surface area contributed by atoms with Gasteiger partial charge in [0.05, 0.1) is 5.75 Å². The Morgan fingerprint density at radius 2 is 1.88 bits per heavy atom. The molecule has 1 fully saturated rings. The zero-order valence-corrected chi connectivity index (χ0v) is 11.4. The van der Waals surface area contributed by atoms with E-state index in [0.717, 1.165) is 12.8 Å². The van der Waals surface area contributed by atoms with E-state index in [2.05, 4.69) is 0 Å². The van der Waals surface area contributed by atoms with Crippen molar-refractivity contribution in [3.05, 3.63) is 0 Å². The second kappa shape index (κ2) is 6.22. The number of hydrogen-bond acceptors (Lipinski definition) is 3. The Bertz CT molecular complexity index is 294. The summed E-state index contributed by atoms with van der Waals surface area (Å²) in [6, 6.07) is 0. The summed E-state index contributed by atoms with van der Waals surface area (Å²) in [5.41, 5.74) is -0.0133. The van der Waals surface area contributed by atoms with Gasteiger partial charge in [0.2, 0.25) is 0 Å². The summed E-state index contributed by atoms with van der Waals surface area (Å²) in [5, 5.41) is 0. The molecule has 3 nitrogen and oxygen atoms in total. The first-order valence-corrected chi connectivity index (χ1v) is 8.23. The lowest BCUT2D eigenvalue weighted by Gasteiger charge is -2.35. The smallest absolute Gasteiger partial charge is 0.150 e. The van der Waals surface area contributed by atoms with E-state index in [-0.39, 0.29) is 11.2 Å². The van der Waals surface area contributed by atoms with E-state index >= 15 is 0 Å². The maximum absolute atomic E-state index is 11.7. The number of hydrogen-bond donors (Lipinski definition) is 0. The van der Waals surface area contributed by atoms with Crippen LogP contribution in [0.4, 0.5) is 0 Å². The third-order valence-electron chi connectivity index (χ3n) is 3.30. The minimum Gasteiger partial charge on any atom is -0.381 e. The highest BCUT2D eigenvalue weighted by Gasteiger charge is 2.32. The van der Waals surface area contributed by atoms with Crippen LogP contribution in [0.2, 0.25) is 0 Å². The average Bonchev–Trinajstić information content (AvgIpc) is 2.28. The molecule has 0 saturated carbocycles. The van der Waals surface area contributed by atoms with E-state index in [1.54, 1.807) is 0 Å². The molecule has 1 heterocycles. The molecule has 0 radical (unpaired) electrons. The normalized spacial score (nSPS) is 20.9. The van der Waals surface area contributed by atoms with E-state index in [1.807, 2.05) is 6.92 Å². The zero-order chi connectivity index (χ0) is 12.1. The van der Waals surface area contributed by atoms with Crippen LogP contribution < -0.4 is 0 Å². The summed E-state index contributed by atoms with van der Waals surface area (Å²) in [4.78, 5) is 0. The third kappa shape index (κ3) is 4.22. The van der Waals surface area contributed by atoms with Gasteiger partial charge >= 0.3 is 0 Å². The van der Waals surface area contributed by atoms with Crippen molar-refractivity contribution in [2.24, 2.45) is 5.41 Å². The molecule has 1 aliphatic rings. The largest absolute Gasteiger partial charge is 0.381 e. The van der Waals surface area contributed by atoms with Crippen LogP contribution in [0, 0.1) is 5.41 Å². The second-order valence-electron chi connectivity index (χ2n) is 4.65. The second-order valence-corrected chi connectivity index (χ2v) is 7.22. The molecule has 0 aromatic heterocycles. The first-order valence-electron chi connectivity index (χ1n) is 5.88. The Labute approximate surface area is 103 Å². The van der Waals surface area contributed by atoms with Gasteiger partial charge in [-0.15, -0.1) is 11.6 Å². The van der Waals surface area contributed by atoms with Crippen molar-refractivity contribution in [3.63, 3.8) is 0 Å². The highest BCUT2D eigenvalue weighted by atomic mass is 35.5. The highest BCUT2D eigenvalue weighted by Crippen LogP contribution is 2.35. The fraction of sp³-hybridized carbons (Fsp3) is 1.00. The van der Waals surface area contributed by atoms with Crippen molar-refractivity contribution < 1.29 is 13.2 Å². The molecular weight excluding hydrogens is 248 g/mol. The molecular formula is C11H21ClO3S. The lowest BCUT2D eigenvalue weighted by Crippen LogP contribution is -2.33. The first-order chi connectivity index (χ1) is 7.54. The number of ether oxygens (including phenoxy) is 1. The van der Waals surface area contributed by atoms with Crippen molar-refractivity contribution in [1.29, 1.82) is 0 Å². The standard InChI is InChI=1S/C11H21ClO3S/c1-2-8-16(13,14)9-5-11(10-12)3-6-15-7-4-11/h2-10H2,1H3. The molecule has 1 aliphatic heterocycles. The van der Waals surface area contributed by atoms with Gasteiger partial charge in [0.15, 0.2) is 0 Å². The Kier molecular flexibility index (Phi) is 5.54. The van der Waals surface area contributed by atoms with Crippen molar-refractivity contribution >= 4 is 21.4 Å². The SMILES string of the molecule is CCCS(=O)(=O)CCC1(CCl)CCOCC1. The Morgan fingerprint density at radius 3 is 2.38 bits per heavy atom. The molecule has 0 unspecified atom stereocenters. The van der Waals surface area contributed by atoms with E-state index in [0.29, 0.717) is 37.7 Å². The fourth-order valence-electron chi connectivity index (χ4n) is 2.04. The number of sulfone groups is 1. The molecule has 5 heteroatoms. The fourth-order valence-corrected chi connectivity index (χ4v) is 4.01. The monoisotopic (exact) mass is 268 g/mol. The van der Waals surface area contributed by atoms with Gasteiger partial charge in [0.1, 0.15) is 9.84 Å². The van der Waals surface area contributed by atoms with Gasteiger partial charge in [0.25, 0.3) is 0 Å². The van der Waals surface area contributed by atoms with Crippen molar-refractivity contribution in [2.75, 3.05) is 30.6 Å². The molecule has 0 atom stereocenters. The van der Waals surface area contributed by atoms with Crippen LogP contribution in [0.15, 0.2) is 0 Å². The maximum atomic E-state index is 11.7.